The van der Waals surface area contributed by atoms with E-state index in [1.165, 1.54) is 0 Å². The summed E-state index contributed by atoms with van der Waals surface area (Å²) >= 11 is 0. The van der Waals surface area contributed by atoms with Crippen LogP contribution in [0.1, 0.15) is 24.1 Å². The van der Waals surface area contributed by atoms with Gasteiger partial charge in [0.1, 0.15) is 5.60 Å². The summed E-state index contributed by atoms with van der Waals surface area (Å²) in [5.74, 6) is 0.0758. The number of pyridine rings is 1. The minimum atomic E-state index is -1.11. The van der Waals surface area contributed by atoms with Crippen molar-refractivity contribution in [2.75, 3.05) is 19.6 Å². The summed E-state index contributed by atoms with van der Waals surface area (Å²) in [5.41, 5.74) is 2.25. The first kappa shape index (κ1) is 20.7. The van der Waals surface area contributed by atoms with Gasteiger partial charge in [-0.1, -0.05) is 48.5 Å². The molecule has 1 aliphatic rings. The molecule has 5 rings (SSSR count). The lowest BCUT2D eigenvalue weighted by Gasteiger charge is -2.41. The van der Waals surface area contributed by atoms with E-state index >= 15 is 0 Å². The van der Waals surface area contributed by atoms with Crippen molar-refractivity contribution in [1.82, 2.24) is 19.4 Å². The van der Waals surface area contributed by atoms with Gasteiger partial charge in [0.05, 0.1) is 16.7 Å². The predicted octanol–water partition coefficient (Wildman–Crippen LogP) is 3.37. The maximum absolute atomic E-state index is 12.4. The summed E-state index contributed by atoms with van der Waals surface area (Å²) in [6.07, 6.45) is 3.48. The van der Waals surface area contributed by atoms with E-state index in [9.17, 15) is 9.90 Å². The van der Waals surface area contributed by atoms with E-state index < -0.39 is 5.60 Å². The maximum Gasteiger partial charge on any atom is 0.326 e. The number of rotatable bonds is 6. The smallest absolute Gasteiger partial charge is 0.326 e. The number of benzene rings is 2. The molecule has 1 saturated heterocycles. The number of imidazole rings is 1. The molecule has 3 heterocycles. The van der Waals surface area contributed by atoms with E-state index in [1.807, 2.05) is 77.4 Å². The Hall–Kier alpha value is -3.22. The number of nitrogens with one attached hydrogen (secondary N) is 1. The first-order valence-electron chi connectivity index (χ1n) is 11.3. The van der Waals surface area contributed by atoms with Crippen LogP contribution in [0.4, 0.5) is 0 Å². The second kappa shape index (κ2) is 8.73. The lowest BCUT2D eigenvalue weighted by Crippen LogP contribution is -2.45. The summed E-state index contributed by atoms with van der Waals surface area (Å²) < 4.78 is 1.82. The monoisotopic (exact) mass is 428 g/mol. The fourth-order valence-corrected chi connectivity index (χ4v) is 5.02. The Morgan fingerprint density at radius 1 is 0.938 bits per heavy atom. The van der Waals surface area contributed by atoms with Crippen molar-refractivity contribution >= 4 is 11.0 Å². The number of aromatic nitrogens is 3. The van der Waals surface area contributed by atoms with Crippen molar-refractivity contribution in [3.05, 3.63) is 101 Å². The number of aromatic amines is 1. The Morgan fingerprint density at radius 3 is 2.41 bits per heavy atom. The van der Waals surface area contributed by atoms with Crippen molar-refractivity contribution in [2.45, 2.75) is 25.0 Å². The number of nitrogens with zero attached hydrogens (tertiary/aromatic N) is 3. The number of hydrogen-bond donors (Lipinski definition) is 2. The third-order valence-corrected chi connectivity index (χ3v) is 6.77. The van der Waals surface area contributed by atoms with Gasteiger partial charge in [-0.25, -0.2) is 4.79 Å². The molecule has 1 fully saturated rings. The van der Waals surface area contributed by atoms with Crippen molar-refractivity contribution < 1.29 is 5.11 Å². The SMILES string of the molecule is O=c1[nH]c2ccccc2n1CCN1CCC(C(O)(c2ccccc2)c2ccccn2)CC1. The van der Waals surface area contributed by atoms with Crippen molar-refractivity contribution in [2.24, 2.45) is 5.92 Å². The molecule has 6 heteroatoms. The number of hydrogen-bond acceptors (Lipinski definition) is 4. The molecule has 0 amide bonds. The van der Waals surface area contributed by atoms with Crippen LogP contribution in [0, 0.1) is 5.92 Å². The molecule has 1 atom stereocenters. The van der Waals surface area contributed by atoms with Gasteiger partial charge in [-0.3, -0.25) is 9.55 Å². The molecule has 0 radical (unpaired) electrons. The molecule has 0 aliphatic carbocycles. The summed E-state index contributed by atoms with van der Waals surface area (Å²) in [6.45, 7) is 3.21. The lowest BCUT2D eigenvalue weighted by molar-refractivity contribution is -0.0177. The van der Waals surface area contributed by atoms with Crippen LogP contribution in [0.3, 0.4) is 0 Å². The average molecular weight is 429 g/mol. The second-order valence-electron chi connectivity index (χ2n) is 8.56. The zero-order chi connectivity index (χ0) is 22.0. The molecule has 164 valence electrons. The molecule has 2 N–H and O–H groups in total. The lowest BCUT2D eigenvalue weighted by atomic mass is 9.74. The Morgan fingerprint density at radius 2 is 1.66 bits per heavy atom. The third kappa shape index (κ3) is 3.76. The van der Waals surface area contributed by atoms with Crippen molar-refractivity contribution in [1.29, 1.82) is 0 Å². The van der Waals surface area contributed by atoms with Crippen LogP contribution < -0.4 is 5.69 Å². The first-order chi connectivity index (χ1) is 15.7. The van der Waals surface area contributed by atoms with Crippen LogP contribution in [-0.2, 0) is 12.1 Å². The number of para-hydroxylation sites is 2. The van der Waals surface area contributed by atoms with Gasteiger partial charge < -0.3 is 15.0 Å². The molecule has 0 bridgehead atoms. The van der Waals surface area contributed by atoms with Gasteiger partial charge in [0.15, 0.2) is 0 Å². The minimum absolute atomic E-state index is 0.0605. The number of aliphatic hydroxyl groups is 1. The molecular formula is C26H28N4O2. The topological polar surface area (TPSA) is 74.2 Å². The van der Waals surface area contributed by atoms with E-state index in [1.54, 1.807) is 6.20 Å². The standard InChI is InChI=1S/C26H28N4O2/c31-25-28-22-10-4-5-11-23(22)30(25)19-18-29-16-13-21(14-17-29)26(32,20-8-2-1-3-9-20)24-12-6-7-15-27-24/h1-12,15,21,32H,13-14,16-19H2,(H,28,31). The van der Waals surface area contributed by atoms with Crippen LogP contribution in [-0.4, -0.2) is 44.2 Å². The van der Waals surface area contributed by atoms with E-state index in [4.69, 9.17) is 0 Å². The quantitative estimate of drug-likeness (QED) is 0.494. The zero-order valence-electron chi connectivity index (χ0n) is 18.0. The van der Waals surface area contributed by atoms with E-state index in [0.717, 1.165) is 49.1 Å². The molecule has 1 aliphatic heterocycles. The fraction of sp³-hybridized carbons (Fsp3) is 0.308. The van der Waals surface area contributed by atoms with Gasteiger partial charge in [-0.2, -0.15) is 0 Å². The Labute approximate surface area is 187 Å². The summed E-state index contributed by atoms with van der Waals surface area (Å²) in [4.78, 5) is 22.2. The minimum Gasteiger partial charge on any atom is -0.378 e. The molecule has 0 spiro atoms. The van der Waals surface area contributed by atoms with E-state index in [-0.39, 0.29) is 11.6 Å². The Kier molecular flexibility index (Phi) is 5.64. The average Bonchev–Trinajstić information content (AvgIpc) is 3.18. The second-order valence-corrected chi connectivity index (χ2v) is 8.56. The van der Waals surface area contributed by atoms with Gasteiger partial charge >= 0.3 is 5.69 Å². The van der Waals surface area contributed by atoms with Gasteiger partial charge in [0.25, 0.3) is 0 Å². The highest BCUT2D eigenvalue weighted by Gasteiger charge is 2.42. The molecule has 2 aromatic heterocycles. The Bertz CT molecular complexity index is 1190. The van der Waals surface area contributed by atoms with Gasteiger partial charge in [0.2, 0.25) is 0 Å². The van der Waals surface area contributed by atoms with Crippen molar-refractivity contribution in [3.8, 4) is 0 Å². The van der Waals surface area contributed by atoms with Gasteiger partial charge in [-0.15, -0.1) is 0 Å². The Balaban J connectivity index is 1.30. The fourth-order valence-electron chi connectivity index (χ4n) is 5.02. The summed E-state index contributed by atoms with van der Waals surface area (Å²) in [5, 5.41) is 12.0. The normalized spacial score (nSPS) is 17.4. The highest BCUT2D eigenvalue weighted by Crippen LogP contribution is 2.41. The maximum atomic E-state index is 12.4. The molecule has 2 aromatic carbocycles. The largest absolute Gasteiger partial charge is 0.378 e. The van der Waals surface area contributed by atoms with Crippen LogP contribution >= 0.6 is 0 Å². The molecule has 6 nitrogen and oxygen atoms in total. The van der Waals surface area contributed by atoms with Gasteiger partial charge in [0, 0.05) is 25.2 Å². The van der Waals surface area contributed by atoms with E-state index in [0.29, 0.717) is 12.2 Å². The van der Waals surface area contributed by atoms with Crippen LogP contribution in [0.2, 0.25) is 0 Å². The highest BCUT2D eigenvalue weighted by atomic mass is 16.3. The summed E-state index contributed by atoms with van der Waals surface area (Å²) in [7, 11) is 0. The van der Waals surface area contributed by atoms with E-state index in [2.05, 4.69) is 14.9 Å². The van der Waals surface area contributed by atoms with Crippen molar-refractivity contribution in [3.63, 3.8) is 0 Å². The zero-order valence-corrected chi connectivity index (χ0v) is 18.0. The first-order valence-corrected chi connectivity index (χ1v) is 11.3. The van der Waals surface area contributed by atoms with Crippen LogP contribution in [0.5, 0.6) is 0 Å². The van der Waals surface area contributed by atoms with Crippen LogP contribution in [0.25, 0.3) is 11.0 Å². The molecule has 4 aromatic rings. The molecule has 32 heavy (non-hydrogen) atoms. The summed E-state index contributed by atoms with van der Waals surface area (Å²) in [6, 6.07) is 23.4. The van der Waals surface area contributed by atoms with Gasteiger partial charge in [-0.05, 0) is 55.8 Å². The number of likely N-dealkylation sites (tertiary alicyclic amines) is 1. The number of fused-ring (bicyclic) bond motifs is 1. The number of piperidine rings is 1. The highest BCUT2D eigenvalue weighted by molar-refractivity contribution is 5.74. The molecule has 1 unspecified atom stereocenters. The molecule has 0 saturated carbocycles. The number of H-pyrrole nitrogens is 1. The van der Waals surface area contributed by atoms with Crippen LogP contribution in [0.15, 0.2) is 83.8 Å². The third-order valence-electron chi connectivity index (χ3n) is 6.77. The molecular weight excluding hydrogens is 400 g/mol. The predicted molar refractivity (Wildman–Crippen MR) is 125 cm³/mol.